The third kappa shape index (κ3) is 3.54. The minimum Gasteiger partial charge on any atom is -0.314 e. The summed E-state index contributed by atoms with van der Waals surface area (Å²) in [5.74, 6) is 0. The van der Waals surface area contributed by atoms with Crippen molar-refractivity contribution in [2.75, 3.05) is 6.54 Å². The number of fused-ring (bicyclic) bond motifs is 1. The zero-order valence-corrected chi connectivity index (χ0v) is 11.3. The summed E-state index contributed by atoms with van der Waals surface area (Å²) in [6.07, 6.45) is 5.36. The number of hydrogen-bond acceptors (Lipinski definition) is 2. The summed E-state index contributed by atoms with van der Waals surface area (Å²) in [6, 6.07) is 11.3. The lowest BCUT2D eigenvalue weighted by atomic mass is 10.0. The van der Waals surface area contributed by atoms with Gasteiger partial charge in [-0.2, -0.15) is 0 Å². The first-order chi connectivity index (χ1) is 8.79. The van der Waals surface area contributed by atoms with Gasteiger partial charge in [-0.25, -0.2) is 0 Å². The second-order valence-electron chi connectivity index (χ2n) is 4.92. The van der Waals surface area contributed by atoms with Crippen molar-refractivity contribution in [3.05, 3.63) is 42.1 Å². The van der Waals surface area contributed by atoms with Gasteiger partial charge in [0, 0.05) is 17.6 Å². The van der Waals surface area contributed by atoms with Crippen molar-refractivity contribution in [1.29, 1.82) is 0 Å². The summed E-state index contributed by atoms with van der Waals surface area (Å²) in [4.78, 5) is 4.35. The van der Waals surface area contributed by atoms with Crippen LogP contribution >= 0.6 is 0 Å². The molecule has 0 saturated carbocycles. The quantitative estimate of drug-likeness (QED) is 0.838. The van der Waals surface area contributed by atoms with Crippen molar-refractivity contribution in [2.24, 2.45) is 0 Å². The van der Waals surface area contributed by atoms with E-state index >= 15 is 0 Å². The maximum Gasteiger partial charge on any atom is 0.0702 e. The number of pyridine rings is 1. The normalized spacial score (nSPS) is 12.8. The van der Waals surface area contributed by atoms with Gasteiger partial charge in [0.05, 0.1) is 5.52 Å². The van der Waals surface area contributed by atoms with E-state index in [4.69, 9.17) is 0 Å². The summed E-state index contributed by atoms with van der Waals surface area (Å²) in [6.45, 7) is 5.58. The van der Waals surface area contributed by atoms with Crippen molar-refractivity contribution in [3.8, 4) is 0 Å². The van der Waals surface area contributed by atoms with Crippen LogP contribution in [0.1, 0.15) is 32.3 Å². The highest BCUT2D eigenvalue weighted by atomic mass is 14.9. The van der Waals surface area contributed by atoms with Gasteiger partial charge in [0.25, 0.3) is 0 Å². The maximum atomic E-state index is 4.35. The zero-order valence-electron chi connectivity index (χ0n) is 11.3. The zero-order chi connectivity index (χ0) is 12.8. The van der Waals surface area contributed by atoms with E-state index in [1.165, 1.54) is 23.8 Å². The lowest BCUT2D eigenvalue weighted by molar-refractivity contribution is 0.514. The molecule has 1 aromatic carbocycles. The summed E-state index contributed by atoms with van der Waals surface area (Å²) >= 11 is 0. The molecule has 0 aliphatic rings. The van der Waals surface area contributed by atoms with E-state index in [1.807, 2.05) is 12.3 Å². The van der Waals surface area contributed by atoms with Crippen LogP contribution in [0.3, 0.4) is 0 Å². The Morgan fingerprint density at radius 3 is 3.00 bits per heavy atom. The van der Waals surface area contributed by atoms with Gasteiger partial charge in [-0.05, 0) is 56.5 Å². The highest BCUT2D eigenvalue weighted by Crippen LogP contribution is 2.15. The molecule has 96 valence electrons. The van der Waals surface area contributed by atoms with Crippen LogP contribution in [-0.2, 0) is 6.42 Å². The van der Waals surface area contributed by atoms with Crippen LogP contribution in [0.5, 0.6) is 0 Å². The summed E-state index contributed by atoms with van der Waals surface area (Å²) < 4.78 is 0. The third-order valence-corrected chi connectivity index (χ3v) is 3.28. The molecule has 1 unspecified atom stereocenters. The Bertz CT molecular complexity index is 493. The first kappa shape index (κ1) is 13.0. The van der Waals surface area contributed by atoms with Crippen molar-refractivity contribution < 1.29 is 0 Å². The highest BCUT2D eigenvalue weighted by Gasteiger charge is 2.02. The van der Waals surface area contributed by atoms with E-state index in [0.717, 1.165) is 18.5 Å². The lowest BCUT2D eigenvalue weighted by Gasteiger charge is -2.13. The van der Waals surface area contributed by atoms with E-state index in [1.54, 1.807) is 0 Å². The number of hydrogen-bond donors (Lipinski definition) is 1. The fraction of sp³-hybridized carbons (Fsp3) is 0.438. The smallest absolute Gasteiger partial charge is 0.0702 e. The van der Waals surface area contributed by atoms with Gasteiger partial charge in [-0.15, -0.1) is 0 Å². The van der Waals surface area contributed by atoms with Crippen molar-refractivity contribution >= 4 is 10.9 Å². The minimum absolute atomic E-state index is 0.592. The molecule has 0 bridgehead atoms. The fourth-order valence-electron chi connectivity index (χ4n) is 2.16. The van der Waals surface area contributed by atoms with Gasteiger partial charge in [0.1, 0.15) is 0 Å². The Balaban J connectivity index is 1.95. The molecule has 0 radical (unpaired) electrons. The summed E-state index contributed by atoms with van der Waals surface area (Å²) in [7, 11) is 0. The molecule has 2 rings (SSSR count). The van der Waals surface area contributed by atoms with Crippen molar-refractivity contribution in [2.45, 2.75) is 39.2 Å². The Kier molecular flexibility index (Phi) is 4.71. The van der Waals surface area contributed by atoms with Crippen LogP contribution in [-0.4, -0.2) is 17.6 Å². The lowest BCUT2D eigenvalue weighted by Crippen LogP contribution is -2.27. The number of aromatic nitrogens is 1. The standard InChI is InChI=1S/C16H22N2/c1-3-10-17-13(2)6-7-14-8-9-16-15(12-14)5-4-11-18-16/h4-5,8-9,11-13,17H,3,6-7,10H2,1-2H3. The van der Waals surface area contributed by atoms with Gasteiger partial charge in [-0.3, -0.25) is 4.98 Å². The highest BCUT2D eigenvalue weighted by molar-refractivity contribution is 5.78. The Morgan fingerprint density at radius 2 is 2.17 bits per heavy atom. The summed E-state index contributed by atoms with van der Waals surface area (Å²) in [5.41, 5.74) is 2.49. The molecular formula is C16H22N2. The van der Waals surface area contributed by atoms with E-state index in [9.17, 15) is 0 Å². The van der Waals surface area contributed by atoms with Crippen LogP contribution in [0.2, 0.25) is 0 Å². The molecule has 0 fully saturated rings. The van der Waals surface area contributed by atoms with Crippen molar-refractivity contribution in [1.82, 2.24) is 10.3 Å². The average molecular weight is 242 g/mol. The molecule has 0 amide bonds. The van der Waals surface area contributed by atoms with Gasteiger partial charge in [-0.1, -0.05) is 19.1 Å². The van der Waals surface area contributed by atoms with E-state index in [-0.39, 0.29) is 0 Å². The first-order valence-electron chi connectivity index (χ1n) is 6.86. The minimum atomic E-state index is 0.592. The molecule has 1 heterocycles. The Morgan fingerprint density at radius 1 is 1.28 bits per heavy atom. The molecule has 0 aliphatic carbocycles. The molecule has 0 aliphatic heterocycles. The number of aryl methyl sites for hydroxylation is 1. The topological polar surface area (TPSA) is 24.9 Å². The van der Waals surface area contributed by atoms with Crippen LogP contribution < -0.4 is 5.32 Å². The molecular weight excluding hydrogens is 220 g/mol. The third-order valence-electron chi connectivity index (χ3n) is 3.28. The monoisotopic (exact) mass is 242 g/mol. The molecule has 18 heavy (non-hydrogen) atoms. The first-order valence-corrected chi connectivity index (χ1v) is 6.86. The molecule has 2 aromatic rings. The molecule has 2 heteroatoms. The SMILES string of the molecule is CCCNC(C)CCc1ccc2ncccc2c1. The van der Waals surface area contributed by atoms with Crippen LogP contribution in [0.15, 0.2) is 36.5 Å². The van der Waals surface area contributed by atoms with Gasteiger partial charge < -0.3 is 5.32 Å². The second kappa shape index (κ2) is 6.50. The van der Waals surface area contributed by atoms with Crippen LogP contribution in [0.25, 0.3) is 10.9 Å². The molecule has 1 atom stereocenters. The average Bonchev–Trinajstić information content (AvgIpc) is 2.42. The van der Waals surface area contributed by atoms with E-state index in [0.29, 0.717) is 6.04 Å². The molecule has 1 N–H and O–H groups in total. The molecule has 0 saturated heterocycles. The Labute approximate surface area is 109 Å². The fourth-order valence-corrected chi connectivity index (χ4v) is 2.16. The molecule has 2 nitrogen and oxygen atoms in total. The van der Waals surface area contributed by atoms with E-state index in [2.05, 4.69) is 48.4 Å². The number of nitrogens with one attached hydrogen (secondary N) is 1. The maximum absolute atomic E-state index is 4.35. The number of benzene rings is 1. The number of nitrogens with zero attached hydrogens (tertiary/aromatic N) is 1. The van der Waals surface area contributed by atoms with E-state index < -0.39 is 0 Å². The largest absolute Gasteiger partial charge is 0.314 e. The van der Waals surface area contributed by atoms with Crippen LogP contribution in [0, 0.1) is 0 Å². The Hall–Kier alpha value is -1.41. The predicted molar refractivity (Wildman–Crippen MR) is 77.8 cm³/mol. The van der Waals surface area contributed by atoms with Gasteiger partial charge >= 0.3 is 0 Å². The van der Waals surface area contributed by atoms with Crippen molar-refractivity contribution in [3.63, 3.8) is 0 Å². The van der Waals surface area contributed by atoms with Gasteiger partial charge in [0.15, 0.2) is 0 Å². The number of rotatable bonds is 6. The second-order valence-corrected chi connectivity index (χ2v) is 4.92. The van der Waals surface area contributed by atoms with Crippen LogP contribution in [0.4, 0.5) is 0 Å². The van der Waals surface area contributed by atoms with Gasteiger partial charge in [0.2, 0.25) is 0 Å². The molecule has 0 spiro atoms. The summed E-state index contributed by atoms with van der Waals surface area (Å²) in [5, 5.41) is 4.77. The predicted octanol–water partition coefficient (Wildman–Crippen LogP) is 3.56. The molecule has 1 aromatic heterocycles.